The molecule has 19 heavy (non-hydrogen) atoms. The molecule has 0 radical (unpaired) electrons. The fourth-order valence-corrected chi connectivity index (χ4v) is 4.58. The number of amides is 1. The highest BCUT2D eigenvalue weighted by Crippen LogP contribution is 2.47. The van der Waals surface area contributed by atoms with E-state index in [0.717, 1.165) is 5.92 Å². The van der Waals surface area contributed by atoms with Crippen LogP contribution >= 0.6 is 11.8 Å². The number of alkyl halides is 1. The topological polar surface area (TPSA) is 41.5 Å². The van der Waals surface area contributed by atoms with Gasteiger partial charge in [-0.1, -0.05) is 18.2 Å². The molecular formula is C14H21FN2OS. The molecule has 2 aliphatic carbocycles. The number of nitrogens with zero attached hydrogens (tertiary/aromatic N) is 1. The summed E-state index contributed by atoms with van der Waals surface area (Å²) >= 11 is 1.26. The van der Waals surface area contributed by atoms with Crippen molar-refractivity contribution in [2.75, 3.05) is 0 Å². The maximum absolute atomic E-state index is 14.2. The number of aliphatic imine (C=N–C) groups is 1. The van der Waals surface area contributed by atoms with E-state index in [1.807, 2.05) is 0 Å². The highest BCUT2D eigenvalue weighted by molar-refractivity contribution is 8.16. The Balaban J connectivity index is 1.68. The summed E-state index contributed by atoms with van der Waals surface area (Å²) in [5, 5.41) is 4.01. The lowest BCUT2D eigenvalue weighted by Gasteiger charge is -2.31. The lowest BCUT2D eigenvalue weighted by atomic mass is 9.93. The molecular weight excluding hydrogens is 263 g/mol. The molecule has 5 heteroatoms. The summed E-state index contributed by atoms with van der Waals surface area (Å²) in [6.07, 6.45) is 5.10. The third-order valence-corrected chi connectivity index (χ3v) is 6.56. The molecule has 2 bridgehead atoms. The number of rotatable bonds is 2. The van der Waals surface area contributed by atoms with Gasteiger partial charge >= 0.3 is 0 Å². The van der Waals surface area contributed by atoms with E-state index in [1.165, 1.54) is 51.3 Å². The second-order valence-corrected chi connectivity index (χ2v) is 8.16. The first-order chi connectivity index (χ1) is 8.79. The first-order valence-corrected chi connectivity index (χ1v) is 7.89. The summed E-state index contributed by atoms with van der Waals surface area (Å²) in [6, 6.07) is 0.433. The maximum atomic E-state index is 14.2. The minimum Gasteiger partial charge on any atom is -0.361 e. The Kier molecular flexibility index (Phi) is 2.97. The number of amidine groups is 1. The second kappa shape index (κ2) is 4.21. The van der Waals surface area contributed by atoms with E-state index in [9.17, 15) is 9.18 Å². The van der Waals surface area contributed by atoms with Crippen molar-refractivity contribution in [3.8, 4) is 0 Å². The van der Waals surface area contributed by atoms with Gasteiger partial charge in [-0.25, -0.2) is 4.39 Å². The fraction of sp³-hybridized carbons (Fsp3) is 0.857. The van der Waals surface area contributed by atoms with Crippen LogP contribution in [0.25, 0.3) is 0 Å². The number of thioether (sulfide) groups is 1. The SMILES string of the molecule is CC(C)(F)[C@@]1(C)SC(N[C@H]2C[C@H]3CC[C@H]2C3)=NC1=O. The van der Waals surface area contributed by atoms with Gasteiger partial charge < -0.3 is 5.32 Å². The van der Waals surface area contributed by atoms with Gasteiger partial charge in [-0.3, -0.25) is 4.79 Å². The fourth-order valence-electron chi connectivity index (χ4n) is 3.48. The van der Waals surface area contributed by atoms with Gasteiger partial charge in [0.05, 0.1) is 0 Å². The summed E-state index contributed by atoms with van der Waals surface area (Å²) in [5.41, 5.74) is -1.57. The molecule has 1 N–H and O–H groups in total. The minimum atomic E-state index is -1.57. The molecule has 0 aromatic heterocycles. The van der Waals surface area contributed by atoms with Crippen LogP contribution in [0.1, 0.15) is 46.5 Å². The molecule has 1 aliphatic heterocycles. The summed E-state index contributed by atoms with van der Waals surface area (Å²) < 4.78 is 13.1. The van der Waals surface area contributed by atoms with Crippen molar-refractivity contribution in [1.29, 1.82) is 0 Å². The van der Waals surface area contributed by atoms with Gasteiger partial charge in [-0.2, -0.15) is 4.99 Å². The Morgan fingerprint density at radius 1 is 1.42 bits per heavy atom. The molecule has 0 unspecified atom stereocenters. The number of hydrogen-bond acceptors (Lipinski definition) is 3. The monoisotopic (exact) mass is 284 g/mol. The zero-order valence-electron chi connectivity index (χ0n) is 11.7. The van der Waals surface area contributed by atoms with Crippen LogP contribution in [0.5, 0.6) is 0 Å². The van der Waals surface area contributed by atoms with Gasteiger partial charge in [0, 0.05) is 6.04 Å². The zero-order valence-corrected chi connectivity index (χ0v) is 12.5. The van der Waals surface area contributed by atoms with Crippen molar-refractivity contribution in [1.82, 2.24) is 5.32 Å². The molecule has 2 fully saturated rings. The van der Waals surface area contributed by atoms with E-state index in [-0.39, 0.29) is 5.91 Å². The van der Waals surface area contributed by atoms with Gasteiger partial charge in [0.2, 0.25) is 0 Å². The van der Waals surface area contributed by atoms with Crippen LogP contribution in [0.4, 0.5) is 4.39 Å². The Labute approximate surface area is 117 Å². The van der Waals surface area contributed by atoms with E-state index in [2.05, 4.69) is 10.3 Å². The molecule has 3 nitrogen and oxygen atoms in total. The molecule has 1 amide bonds. The van der Waals surface area contributed by atoms with Crippen LogP contribution in [0.15, 0.2) is 4.99 Å². The summed E-state index contributed by atoms with van der Waals surface area (Å²) in [7, 11) is 0. The molecule has 0 saturated heterocycles. The van der Waals surface area contributed by atoms with Crippen LogP contribution in [0.2, 0.25) is 0 Å². The smallest absolute Gasteiger partial charge is 0.267 e. The van der Waals surface area contributed by atoms with Crippen molar-refractivity contribution < 1.29 is 9.18 Å². The number of fused-ring (bicyclic) bond motifs is 2. The normalized spacial score (nSPS) is 41.8. The first-order valence-electron chi connectivity index (χ1n) is 7.07. The predicted molar refractivity (Wildman–Crippen MR) is 76.0 cm³/mol. The van der Waals surface area contributed by atoms with Gasteiger partial charge in [0.25, 0.3) is 5.91 Å². The largest absolute Gasteiger partial charge is 0.361 e. The Morgan fingerprint density at radius 2 is 2.16 bits per heavy atom. The van der Waals surface area contributed by atoms with Crippen LogP contribution in [-0.2, 0) is 4.79 Å². The Bertz CT molecular complexity index is 445. The average Bonchev–Trinajstić information content (AvgIpc) is 2.94. The molecule has 0 aromatic rings. The van der Waals surface area contributed by atoms with Crippen LogP contribution in [0.3, 0.4) is 0 Å². The van der Waals surface area contributed by atoms with Gasteiger partial charge in [-0.05, 0) is 51.9 Å². The minimum absolute atomic E-state index is 0.351. The van der Waals surface area contributed by atoms with E-state index >= 15 is 0 Å². The van der Waals surface area contributed by atoms with Crippen molar-refractivity contribution in [2.45, 2.75) is 62.9 Å². The molecule has 2 saturated carbocycles. The van der Waals surface area contributed by atoms with Crippen molar-refractivity contribution in [3.63, 3.8) is 0 Å². The third kappa shape index (κ3) is 2.10. The summed E-state index contributed by atoms with van der Waals surface area (Å²) in [4.78, 5) is 16.0. The Hall–Kier alpha value is -0.580. The van der Waals surface area contributed by atoms with E-state index in [1.54, 1.807) is 6.92 Å². The number of nitrogens with one attached hydrogen (secondary N) is 1. The number of carbonyl (C=O) groups excluding carboxylic acids is 1. The quantitative estimate of drug-likeness (QED) is 0.847. The Morgan fingerprint density at radius 3 is 2.63 bits per heavy atom. The molecule has 0 spiro atoms. The van der Waals surface area contributed by atoms with Gasteiger partial charge in [0.1, 0.15) is 10.4 Å². The maximum Gasteiger partial charge on any atom is 0.267 e. The van der Waals surface area contributed by atoms with Gasteiger partial charge in [0.15, 0.2) is 5.17 Å². The van der Waals surface area contributed by atoms with Crippen LogP contribution in [-0.4, -0.2) is 27.5 Å². The molecule has 3 aliphatic rings. The highest BCUT2D eigenvalue weighted by Gasteiger charge is 2.54. The molecule has 106 valence electrons. The van der Waals surface area contributed by atoms with Crippen molar-refractivity contribution in [2.24, 2.45) is 16.8 Å². The van der Waals surface area contributed by atoms with Gasteiger partial charge in [-0.15, -0.1) is 0 Å². The van der Waals surface area contributed by atoms with E-state index < -0.39 is 10.4 Å². The van der Waals surface area contributed by atoms with Crippen molar-refractivity contribution >= 4 is 22.8 Å². The second-order valence-electron chi connectivity index (χ2n) is 6.76. The lowest BCUT2D eigenvalue weighted by Crippen LogP contribution is -2.46. The third-order valence-electron chi connectivity index (χ3n) is 5.09. The molecule has 3 rings (SSSR count). The molecule has 0 aromatic carbocycles. The number of halogens is 1. The number of hydrogen-bond donors (Lipinski definition) is 1. The summed E-state index contributed by atoms with van der Waals surface area (Å²) in [5.74, 6) is 1.21. The summed E-state index contributed by atoms with van der Waals surface area (Å²) in [6.45, 7) is 4.56. The van der Waals surface area contributed by atoms with E-state index in [4.69, 9.17) is 0 Å². The van der Waals surface area contributed by atoms with Crippen LogP contribution < -0.4 is 5.32 Å². The molecule has 1 heterocycles. The lowest BCUT2D eigenvalue weighted by molar-refractivity contribution is -0.122. The van der Waals surface area contributed by atoms with Crippen LogP contribution in [0, 0.1) is 11.8 Å². The highest BCUT2D eigenvalue weighted by atomic mass is 32.2. The number of carbonyl (C=O) groups is 1. The van der Waals surface area contributed by atoms with E-state index in [0.29, 0.717) is 17.1 Å². The predicted octanol–water partition coefficient (Wildman–Crippen LogP) is 2.90. The average molecular weight is 284 g/mol. The van der Waals surface area contributed by atoms with Crippen molar-refractivity contribution in [3.05, 3.63) is 0 Å². The first kappa shape index (κ1) is 13.4. The zero-order chi connectivity index (χ0) is 13.8. The standard InChI is InChI=1S/C14H21FN2OS/c1-13(2,15)14(3)11(18)17-12(19-14)16-10-7-8-4-5-9(10)6-8/h8-10H,4-7H2,1-3H3,(H,16,17,18)/t8-,9-,10-,14-/m0/s1. The molecule has 4 atom stereocenters.